The van der Waals surface area contributed by atoms with Crippen molar-refractivity contribution in [1.82, 2.24) is 5.32 Å². The summed E-state index contributed by atoms with van der Waals surface area (Å²) in [4.78, 5) is 23.1. The zero-order valence-electron chi connectivity index (χ0n) is 20.9. The summed E-state index contributed by atoms with van der Waals surface area (Å²) in [5, 5.41) is 2.73. The van der Waals surface area contributed by atoms with Gasteiger partial charge >= 0.3 is 12.1 Å². The van der Waals surface area contributed by atoms with Gasteiger partial charge in [0, 0.05) is 13.0 Å². The molecular formula is C26H51NO4. The van der Waals surface area contributed by atoms with E-state index in [0.717, 1.165) is 32.1 Å². The average molecular weight is 442 g/mol. The molecule has 0 aromatic rings. The monoisotopic (exact) mass is 441 g/mol. The van der Waals surface area contributed by atoms with Crippen LogP contribution in [0.15, 0.2) is 0 Å². The Balaban J connectivity index is 3.24. The minimum absolute atomic E-state index is 0.0942. The van der Waals surface area contributed by atoms with Gasteiger partial charge in [-0.15, -0.1) is 0 Å². The summed E-state index contributed by atoms with van der Waals surface area (Å²) in [6.07, 6.45) is 19.8. The van der Waals surface area contributed by atoms with Gasteiger partial charge in [-0.3, -0.25) is 4.79 Å². The largest absolute Gasteiger partial charge is 0.466 e. The Morgan fingerprint density at radius 2 is 1.19 bits per heavy atom. The Kier molecular flexibility index (Phi) is 22.5. The van der Waals surface area contributed by atoms with Crippen molar-refractivity contribution in [2.75, 3.05) is 19.8 Å². The lowest BCUT2D eigenvalue weighted by Crippen LogP contribution is -2.26. The van der Waals surface area contributed by atoms with Crippen LogP contribution in [0.4, 0.5) is 4.79 Å². The standard InChI is InChI=1S/C26H51NO4/c1-4-5-6-7-8-9-10-11-12-13-14-15-19-22-30-25(28)20-17-16-18-21-27-26(29)31-23-24(2)3/h24H,4-23H2,1-3H3,(H,27,29). The van der Waals surface area contributed by atoms with Gasteiger partial charge < -0.3 is 14.8 Å². The molecule has 1 N–H and O–H groups in total. The maximum absolute atomic E-state index is 11.7. The maximum Gasteiger partial charge on any atom is 0.407 e. The number of nitrogens with one attached hydrogen (secondary N) is 1. The molecule has 184 valence electrons. The third-order valence-electron chi connectivity index (χ3n) is 5.39. The van der Waals surface area contributed by atoms with E-state index in [0.29, 0.717) is 32.1 Å². The summed E-state index contributed by atoms with van der Waals surface area (Å²) >= 11 is 0. The molecule has 0 aliphatic carbocycles. The molecule has 0 spiro atoms. The summed E-state index contributed by atoms with van der Waals surface area (Å²) in [6.45, 7) is 7.86. The van der Waals surface area contributed by atoms with E-state index in [1.54, 1.807) is 0 Å². The van der Waals surface area contributed by atoms with Crippen molar-refractivity contribution in [3.8, 4) is 0 Å². The molecule has 0 aliphatic rings. The van der Waals surface area contributed by atoms with Crippen molar-refractivity contribution in [2.24, 2.45) is 5.92 Å². The van der Waals surface area contributed by atoms with E-state index in [9.17, 15) is 9.59 Å². The zero-order valence-corrected chi connectivity index (χ0v) is 20.9. The molecule has 0 unspecified atom stereocenters. The van der Waals surface area contributed by atoms with Crippen LogP contribution in [0, 0.1) is 5.92 Å². The SMILES string of the molecule is CCCCCCCCCCCCCCCOC(=O)CCCCCNC(=O)OCC(C)C. The van der Waals surface area contributed by atoms with Crippen molar-refractivity contribution in [3.63, 3.8) is 0 Å². The first kappa shape index (κ1) is 29.7. The highest BCUT2D eigenvalue weighted by atomic mass is 16.5. The van der Waals surface area contributed by atoms with Crippen LogP contribution in [0.1, 0.15) is 130 Å². The van der Waals surface area contributed by atoms with E-state index in [-0.39, 0.29) is 12.1 Å². The molecule has 0 aliphatic heterocycles. The minimum Gasteiger partial charge on any atom is -0.466 e. The van der Waals surface area contributed by atoms with Gasteiger partial charge in [0.15, 0.2) is 0 Å². The highest BCUT2D eigenvalue weighted by Gasteiger charge is 2.04. The van der Waals surface area contributed by atoms with Crippen molar-refractivity contribution < 1.29 is 19.1 Å². The second-order valence-electron chi connectivity index (χ2n) is 9.19. The summed E-state index contributed by atoms with van der Waals surface area (Å²) in [6, 6.07) is 0. The van der Waals surface area contributed by atoms with Gasteiger partial charge in [0.25, 0.3) is 0 Å². The first-order valence-electron chi connectivity index (χ1n) is 13.1. The fourth-order valence-corrected chi connectivity index (χ4v) is 3.43. The fraction of sp³-hybridized carbons (Fsp3) is 0.923. The lowest BCUT2D eigenvalue weighted by molar-refractivity contribution is -0.143. The number of amides is 1. The number of esters is 1. The van der Waals surface area contributed by atoms with Crippen molar-refractivity contribution in [1.29, 1.82) is 0 Å². The molecule has 31 heavy (non-hydrogen) atoms. The maximum atomic E-state index is 11.7. The molecule has 0 rings (SSSR count). The number of carbonyl (C=O) groups is 2. The fourth-order valence-electron chi connectivity index (χ4n) is 3.43. The number of hydrogen-bond donors (Lipinski definition) is 1. The number of unbranched alkanes of at least 4 members (excludes halogenated alkanes) is 14. The van der Waals surface area contributed by atoms with Gasteiger partial charge in [0.1, 0.15) is 0 Å². The zero-order chi connectivity index (χ0) is 23.0. The van der Waals surface area contributed by atoms with E-state index in [1.165, 1.54) is 70.6 Å². The van der Waals surface area contributed by atoms with Crippen molar-refractivity contribution >= 4 is 12.1 Å². The van der Waals surface area contributed by atoms with Gasteiger partial charge in [-0.25, -0.2) is 4.79 Å². The molecule has 0 radical (unpaired) electrons. The lowest BCUT2D eigenvalue weighted by atomic mass is 10.0. The number of hydrogen-bond acceptors (Lipinski definition) is 4. The smallest absolute Gasteiger partial charge is 0.407 e. The predicted molar refractivity (Wildman–Crippen MR) is 129 cm³/mol. The Morgan fingerprint density at radius 1 is 0.677 bits per heavy atom. The predicted octanol–water partition coefficient (Wildman–Crippen LogP) is 7.56. The summed E-state index contributed by atoms with van der Waals surface area (Å²) < 4.78 is 10.4. The molecule has 0 saturated heterocycles. The van der Waals surface area contributed by atoms with E-state index >= 15 is 0 Å². The third kappa shape index (κ3) is 24.9. The lowest BCUT2D eigenvalue weighted by Gasteiger charge is -2.08. The van der Waals surface area contributed by atoms with Crippen LogP contribution in [-0.4, -0.2) is 31.8 Å². The van der Waals surface area contributed by atoms with Crippen LogP contribution in [0.5, 0.6) is 0 Å². The van der Waals surface area contributed by atoms with Crippen LogP contribution >= 0.6 is 0 Å². The second-order valence-corrected chi connectivity index (χ2v) is 9.19. The summed E-state index contributed by atoms with van der Waals surface area (Å²) in [7, 11) is 0. The first-order valence-corrected chi connectivity index (χ1v) is 13.1. The van der Waals surface area contributed by atoms with Crippen LogP contribution in [0.25, 0.3) is 0 Å². The highest BCUT2D eigenvalue weighted by molar-refractivity contribution is 5.69. The van der Waals surface area contributed by atoms with Crippen molar-refractivity contribution in [3.05, 3.63) is 0 Å². The third-order valence-corrected chi connectivity index (χ3v) is 5.39. The Morgan fingerprint density at radius 3 is 1.74 bits per heavy atom. The molecule has 0 aromatic heterocycles. The Hall–Kier alpha value is -1.26. The van der Waals surface area contributed by atoms with Gasteiger partial charge in [-0.05, 0) is 25.2 Å². The van der Waals surface area contributed by atoms with Crippen LogP contribution in [0.2, 0.25) is 0 Å². The van der Waals surface area contributed by atoms with Gasteiger partial charge in [0.05, 0.1) is 13.2 Å². The summed E-state index contributed by atoms with van der Waals surface area (Å²) in [5.74, 6) is 0.250. The topological polar surface area (TPSA) is 64.6 Å². The van der Waals surface area contributed by atoms with E-state index in [1.807, 2.05) is 13.8 Å². The van der Waals surface area contributed by atoms with Gasteiger partial charge in [-0.1, -0.05) is 104 Å². The Bertz CT molecular complexity index is 412. The van der Waals surface area contributed by atoms with Gasteiger partial charge in [-0.2, -0.15) is 0 Å². The number of carbonyl (C=O) groups excluding carboxylic acids is 2. The molecule has 5 nitrogen and oxygen atoms in total. The highest BCUT2D eigenvalue weighted by Crippen LogP contribution is 2.12. The van der Waals surface area contributed by atoms with E-state index in [4.69, 9.17) is 9.47 Å². The molecule has 0 aromatic carbocycles. The molecule has 1 amide bonds. The Labute approximate surface area is 192 Å². The second kappa shape index (κ2) is 23.4. The van der Waals surface area contributed by atoms with Crippen LogP contribution in [-0.2, 0) is 14.3 Å². The molecular weight excluding hydrogens is 390 g/mol. The number of ether oxygens (including phenoxy) is 2. The quantitative estimate of drug-likeness (QED) is 0.139. The average Bonchev–Trinajstić information content (AvgIpc) is 2.74. The normalized spacial score (nSPS) is 11.0. The molecule has 0 bridgehead atoms. The summed E-state index contributed by atoms with van der Waals surface area (Å²) in [5.41, 5.74) is 0. The molecule has 0 fully saturated rings. The van der Waals surface area contributed by atoms with Crippen LogP contribution < -0.4 is 5.32 Å². The van der Waals surface area contributed by atoms with E-state index in [2.05, 4.69) is 12.2 Å². The molecule has 5 heteroatoms. The first-order chi connectivity index (χ1) is 15.1. The number of rotatable bonds is 22. The molecule has 0 atom stereocenters. The van der Waals surface area contributed by atoms with Crippen molar-refractivity contribution in [2.45, 2.75) is 130 Å². The molecule has 0 saturated carbocycles. The number of alkyl carbamates (subject to hydrolysis) is 1. The minimum atomic E-state index is -0.356. The van der Waals surface area contributed by atoms with E-state index < -0.39 is 0 Å². The van der Waals surface area contributed by atoms with Gasteiger partial charge in [0.2, 0.25) is 0 Å². The molecule has 0 heterocycles. The van der Waals surface area contributed by atoms with Crippen LogP contribution in [0.3, 0.4) is 0 Å².